The van der Waals surface area contributed by atoms with Gasteiger partial charge in [-0.15, -0.1) is 5.10 Å². The molecule has 0 bridgehead atoms. The van der Waals surface area contributed by atoms with Crippen LogP contribution in [0.3, 0.4) is 0 Å². The van der Waals surface area contributed by atoms with Gasteiger partial charge in [-0.1, -0.05) is 0 Å². The number of anilines is 2. The highest BCUT2D eigenvalue weighted by Crippen LogP contribution is 2.20. The van der Waals surface area contributed by atoms with E-state index >= 15 is 0 Å². The maximum absolute atomic E-state index is 11.9. The number of nitrogens with zero attached hydrogens (tertiary/aromatic N) is 2. The molecule has 0 unspecified atom stereocenters. The lowest BCUT2D eigenvalue weighted by Gasteiger charge is -2.10. The predicted molar refractivity (Wildman–Crippen MR) is 78.7 cm³/mol. The van der Waals surface area contributed by atoms with Gasteiger partial charge < -0.3 is 5.32 Å². The Kier molecular flexibility index (Phi) is 3.94. The molecule has 0 aliphatic rings. The van der Waals surface area contributed by atoms with Crippen LogP contribution in [0, 0.1) is 13.8 Å². The van der Waals surface area contributed by atoms with Crippen LogP contribution in [-0.4, -0.2) is 35.8 Å². The van der Waals surface area contributed by atoms with E-state index in [4.69, 9.17) is 0 Å². The van der Waals surface area contributed by atoms with Gasteiger partial charge in [0.2, 0.25) is 15.8 Å². The van der Waals surface area contributed by atoms with Crippen molar-refractivity contribution >= 4 is 27.3 Å². The molecule has 21 heavy (non-hydrogen) atoms. The summed E-state index contributed by atoms with van der Waals surface area (Å²) in [7, 11) is -3.34. The van der Waals surface area contributed by atoms with Crippen LogP contribution in [0.25, 0.3) is 0 Å². The number of carbonyl (C=O) groups excluding carboxylic acids is 1. The lowest BCUT2D eigenvalue weighted by Crippen LogP contribution is -2.14. The molecule has 1 aromatic carbocycles. The highest BCUT2D eigenvalue weighted by Gasteiger charge is 2.12. The molecule has 9 heteroatoms. The normalized spacial score (nSPS) is 11.2. The van der Waals surface area contributed by atoms with Gasteiger partial charge in [0.1, 0.15) is 5.82 Å². The van der Waals surface area contributed by atoms with Gasteiger partial charge in [0.05, 0.1) is 11.9 Å². The standard InChI is InChI=1S/C12H15N5O3S/c1-7-6-9(4-5-10(7)17-21(3,19)20)14-12(18)11-13-8(2)15-16-11/h4-6,17H,1-3H3,(H,14,18)(H,13,15,16). The fraction of sp³-hybridized carbons (Fsp3) is 0.250. The Morgan fingerprint density at radius 2 is 2.00 bits per heavy atom. The summed E-state index contributed by atoms with van der Waals surface area (Å²) in [5, 5.41) is 8.98. The zero-order valence-corrected chi connectivity index (χ0v) is 12.6. The second-order valence-corrected chi connectivity index (χ2v) is 6.35. The average Bonchev–Trinajstić information content (AvgIpc) is 2.78. The zero-order valence-electron chi connectivity index (χ0n) is 11.8. The number of nitrogens with one attached hydrogen (secondary N) is 3. The molecule has 3 N–H and O–H groups in total. The van der Waals surface area contributed by atoms with Crippen LogP contribution in [-0.2, 0) is 10.0 Å². The number of H-pyrrole nitrogens is 1. The molecular formula is C12H15N5O3S. The van der Waals surface area contributed by atoms with Gasteiger partial charge in [0.25, 0.3) is 5.91 Å². The van der Waals surface area contributed by atoms with E-state index in [9.17, 15) is 13.2 Å². The van der Waals surface area contributed by atoms with E-state index in [0.717, 1.165) is 6.26 Å². The first-order valence-electron chi connectivity index (χ1n) is 6.03. The topological polar surface area (TPSA) is 117 Å². The van der Waals surface area contributed by atoms with Crippen LogP contribution in [0.5, 0.6) is 0 Å². The third-order valence-electron chi connectivity index (χ3n) is 2.58. The van der Waals surface area contributed by atoms with Crippen molar-refractivity contribution in [2.45, 2.75) is 13.8 Å². The smallest absolute Gasteiger partial charge is 0.295 e. The maximum Gasteiger partial charge on any atom is 0.295 e. The third-order valence-corrected chi connectivity index (χ3v) is 3.17. The van der Waals surface area contributed by atoms with Crippen molar-refractivity contribution in [3.8, 4) is 0 Å². The Bertz CT molecular complexity index is 782. The first kappa shape index (κ1) is 15.0. The molecule has 112 valence electrons. The van der Waals surface area contributed by atoms with Crippen molar-refractivity contribution in [1.82, 2.24) is 15.2 Å². The molecule has 2 aromatic rings. The minimum atomic E-state index is -3.34. The number of aryl methyl sites for hydroxylation is 2. The number of benzene rings is 1. The molecule has 0 aliphatic heterocycles. The molecular weight excluding hydrogens is 294 g/mol. The second kappa shape index (κ2) is 5.52. The van der Waals surface area contributed by atoms with Crippen molar-refractivity contribution < 1.29 is 13.2 Å². The Balaban J connectivity index is 2.15. The number of hydrogen-bond acceptors (Lipinski definition) is 5. The SMILES string of the molecule is Cc1nc(C(=O)Nc2ccc(NS(C)(=O)=O)c(C)c2)n[nH]1. The first-order chi connectivity index (χ1) is 9.74. The summed E-state index contributed by atoms with van der Waals surface area (Å²) in [6.45, 7) is 3.43. The zero-order chi connectivity index (χ0) is 15.6. The van der Waals surface area contributed by atoms with Crippen LogP contribution in [0.1, 0.15) is 22.0 Å². The van der Waals surface area contributed by atoms with Crippen molar-refractivity contribution in [1.29, 1.82) is 0 Å². The Hall–Kier alpha value is -2.42. The Labute approximate surface area is 122 Å². The van der Waals surface area contributed by atoms with Crippen LogP contribution in [0.2, 0.25) is 0 Å². The van der Waals surface area contributed by atoms with Crippen LogP contribution in [0.4, 0.5) is 11.4 Å². The predicted octanol–water partition coefficient (Wildman–Crippen LogP) is 1.05. The van der Waals surface area contributed by atoms with Crippen LogP contribution in [0.15, 0.2) is 18.2 Å². The first-order valence-corrected chi connectivity index (χ1v) is 7.92. The molecule has 1 aromatic heterocycles. The van der Waals surface area contributed by atoms with E-state index in [-0.39, 0.29) is 5.82 Å². The van der Waals surface area contributed by atoms with Crippen molar-refractivity contribution in [3.05, 3.63) is 35.4 Å². The van der Waals surface area contributed by atoms with Crippen molar-refractivity contribution in [2.75, 3.05) is 16.3 Å². The molecule has 0 fully saturated rings. The highest BCUT2D eigenvalue weighted by molar-refractivity contribution is 7.92. The van der Waals surface area contributed by atoms with E-state index < -0.39 is 15.9 Å². The summed E-state index contributed by atoms with van der Waals surface area (Å²) in [5.74, 6) is 0.148. The Morgan fingerprint density at radius 1 is 1.29 bits per heavy atom. The van der Waals surface area contributed by atoms with Gasteiger partial charge in [-0.05, 0) is 37.6 Å². The number of rotatable bonds is 4. The summed E-state index contributed by atoms with van der Waals surface area (Å²) in [4.78, 5) is 15.8. The van der Waals surface area contributed by atoms with Crippen molar-refractivity contribution in [2.24, 2.45) is 0 Å². The maximum atomic E-state index is 11.9. The van der Waals surface area contributed by atoms with E-state index in [1.165, 1.54) is 0 Å². The molecule has 1 heterocycles. The molecule has 0 saturated carbocycles. The number of aromatic nitrogens is 3. The van der Waals surface area contributed by atoms with Gasteiger partial charge in [-0.2, -0.15) is 0 Å². The molecule has 2 rings (SSSR count). The summed E-state index contributed by atoms with van der Waals surface area (Å²) in [6.07, 6.45) is 1.08. The molecule has 0 radical (unpaired) electrons. The largest absolute Gasteiger partial charge is 0.319 e. The number of aromatic amines is 1. The molecule has 0 aliphatic carbocycles. The van der Waals surface area contributed by atoms with Crippen molar-refractivity contribution in [3.63, 3.8) is 0 Å². The number of sulfonamides is 1. The molecule has 0 saturated heterocycles. The molecule has 0 spiro atoms. The fourth-order valence-electron chi connectivity index (χ4n) is 1.69. The van der Waals surface area contributed by atoms with Gasteiger partial charge >= 0.3 is 0 Å². The van der Waals surface area contributed by atoms with Gasteiger partial charge in [0, 0.05) is 5.69 Å². The van der Waals surface area contributed by atoms with E-state index in [1.54, 1.807) is 32.0 Å². The highest BCUT2D eigenvalue weighted by atomic mass is 32.2. The molecule has 0 atom stereocenters. The van der Waals surface area contributed by atoms with Crippen LogP contribution >= 0.6 is 0 Å². The third kappa shape index (κ3) is 4.02. The Morgan fingerprint density at radius 3 is 2.52 bits per heavy atom. The quantitative estimate of drug-likeness (QED) is 0.780. The summed E-state index contributed by atoms with van der Waals surface area (Å²) in [6, 6.07) is 4.83. The summed E-state index contributed by atoms with van der Waals surface area (Å²) >= 11 is 0. The number of amides is 1. The average molecular weight is 309 g/mol. The summed E-state index contributed by atoms with van der Waals surface area (Å²) in [5.41, 5.74) is 1.67. The minimum Gasteiger partial charge on any atom is -0.319 e. The van der Waals surface area contributed by atoms with Gasteiger partial charge in [0.15, 0.2) is 0 Å². The minimum absolute atomic E-state index is 0.0449. The van der Waals surface area contributed by atoms with Crippen LogP contribution < -0.4 is 10.0 Å². The van der Waals surface area contributed by atoms with E-state index in [0.29, 0.717) is 22.8 Å². The lowest BCUT2D eigenvalue weighted by atomic mass is 10.2. The second-order valence-electron chi connectivity index (χ2n) is 4.60. The monoisotopic (exact) mass is 309 g/mol. The summed E-state index contributed by atoms with van der Waals surface area (Å²) < 4.78 is 24.8. The molecule has 1 amide bonds. The number of hydrogen-bond donors (Lipinski definition) is 3. The van der Waals surface area contributed by atoms with Gasteiger partial charge in [-0.3, -0.25) is 14.6 Å². The lowest BCUT2D eigenvalue weighted by molar-refractivity contribution is 0.101. The van der Waals surface area contributed by atoms with Gasteiger partial charge in [-0.25, -0.2) is 13.4 Å². The fourth-order valence-corrected chi connectivity index (χ4v) is 2.32. The number of carbonyl (C=O) groups is 1. The van der Waals surface area contributed by atoms with E-state index in [2.05, 4.69) is 25.2 Å². The van der Waals surface area contributed by atoms with E-state index in [1.807, 2.05) is 0 Å². The molecule has 8 nitrogen and oxygen atoms in total.